The fourth-order valence-corrected chi connectivity index (χ4v) is 3.00. The highest BCUT2D eigenvalue weighted by Crippen LogP contribution is 2.22. The van der Waals surface area contributed by atoms with Crippen LogP contribution in [0.2, 0.25) is 0 Å². The molecule has 2 aromatic rings. The third-order valence-corrected chi connectivity index (χ3v) is 4.60. The van der Waals surface area contributed by atoms with Gasteiger partial charge in [0.05, 0.1) is 25.0 Å². The third kappa shape index (κ3) is 4.18. The van der Waals surface area contributed by atoms with Gasteiger partial charge in [0.2, 0.25) is 5.89 Å². The molecule has 1 aliphatic rings. The van der Waals surface area contributed by atoms with Crippen molar-refractivity contribution in [2.24, 2.45) is 5.92 Å². The molecule has 6 heteroatoms. The van der Waals surface area contributed by atoms with Crippen molar-refractivity contribution in [1.29, 1.82) is 0 Å². The predicted molar refractivity (Wildman–Crippen MR) is 96.6 cm³/mol. The Kier molecular flexibility index (Phi) is 4.82. The van der Waals surface area contributed by atoms with Gasteiger partial charge in [0, 0.05) is 36.4 Å². The van der Waals surface area contributed by atoms with E-state index in [0.29, 0.717) is 18.4 Å². The molecule has 1 saturated heterocycles. The van der Waals surface area contributed by atoms with Gasteiger partial charge in [-0.1, -0.05) is 34.6 Å². The zero-order chi connectivity index (χ0) is 18.2. The largest absolute Gasteiger partial charge is 0.444 e. The molecule has 0 spiro atoms. The first-order chi connectivity index (χ1) is 11.7. The smallest absolute Gasteiger partial charge is 0.266 e. The minimum Gasteiger partial charge on any atom is -0.444 e. The Labute approximate surface area is 148 Å². The number of oxazole rings is 1. The lowest BCUT2D eigenvalue weighted by Crippen LogP contribution is -2.49. The van der Waals surface area contributed by atoms with Gasteiger partial charge in [0.1, 0.15) is 5.76 Å². The number of hydrogen-bond donors (Lipinski definition) is 0. The van der Waals surface area contributed by atoms with E-state index in [0.717, 1.165) is 37.0 Å². The number of likely N-dealkylation sites (tertiary alicyclic amines) is 1. The Morgan fingerprint density at radius 2 is 2.00 bits per heavy atom. The molecule has 25 heavy (non-hydrogen) atoms. The fraction of sp³-hybridized carbons (Fsp3) is 0.632. The molecule has 2 aromatic heterocycles. The van der Waals surface area contributed by atoms with E-state index in [1.807, 2.05) is 12.3 Å². The van der Waals surface area contributed by atoms with Crippen molar-refractivity contribution < 1.29 is 4.42 Å². The maximum Gasteiger partial charge on any atom is 0.266 e. The molecule has 0 unspecified atom stereocenters. The van der Waals surface area contributed by atoms with Crippen LogP contribution >= 0.6 is 0 Å². The summed E-state index contributed by atoms with van der Waals surface area (Å²) >= 11 is 0. The van der Waals surface area contributed by atoms with Crippen molar-refractivity contribution in [2.75, 3.05) is 13.1 Å². The maximum atomic E-state index is 12.1. The summed E-state index contributed by atoms with van der Waals surface area (Å²) in [5.41, 5.74) is 0.866. The molecule has 0 saturated carbocycles. The Morgan fingerprint density at radius 3 is 2.60 bits per heavy atom. The molecule has 136 valence electrons. The van der Waals surface area contributed by atoms with Gasteiger partial charge in [0.15, 0.2) is 0 Å². The van der Waals surface area contributed by atoms with Crippen LogP contribution in [-0.2, 0) is 18.5 Å². The fourth-order valence-electron chi connectivity index (χ4n) is 3.00. The van der Waals surface area contributed by atoms with Crippen molar-refractivity contribution in [3.8, 4) is 0 Å². The highest BCUT2D eigenvalue weighted by Gasteiger charge is 2.29. The second-order valence-electron chi connectivity index (χ2n) is 8.36. The van der Waals surface area contributed by atoms with E-state index in [1.165, 1.54) is 0 Å². The molecule has 0 amide bonds. The monoisotopic (exact) mass is 344 g/mol. The van der Waals surface area contributed by atoms with Crippen molar-refractivity contribution in [3.05, 3.63) is 46.0 Å². The molecule has 0 aliphatic carbocycles. The quantitative estimate of drug-likeness (QED) is 0.834. The van der Waals surface area contributed by atoms with Crippen LogP contribution in [0.15, 0.2) is 27.5 Å². The van der Waals surface area contributed by atoms with Crippen molar-refractivity contribution >= 4 is 0 Å². The van der Waals surface area contributed by atoms with Crippen LogP contribution in [0.1, 0.15) is 57.9 Å². The van der Waals surface area contributed by atoms with E-state index < -0.39 is 0 Å². The zero-order valence-corrected chi connectivity index (χ0v) is 15.8. The van der Waals surface area contributed by atoms with Gasteiger partial charge in [-0.2, -0.15) is 5.10 Å². The van der Waals surface area contributed by atoms with E-state index in [9.17, 15) is 4.79 Å². The summed E-state index contributed by atoms with van der Waals surface area (Å²) in [4.78, 5) is 18.7. The average molecular weight is 344 g/mol. The van der Waals surface area contributed by atoms with Crippen LogP contribution in [0.5, 0.6) is 0 Å². The van der Waals surface area contributed by atoms with E-state index in [-0.39, 0.29) is 11.0 Å². The van der Waals surface area contributed by atoms with Crippen LogP contribution in [0, 0.1) is 5.92 Å². The van der Waals surface area contributed by atoms with Crippen LogP contribution in [0.3, 0.4) is 0 Å². The summed E-state index contributed by atoms with van der Waals surface area (Å²) in [5.74, 6) is 2.51. The molecule has 1 fully saturated rings. The molecule has 3 heterocycles. The molecule has 1 aliphatic heterocycles. The summed E-state index contributed by atoms with van der Waals surface area (Å²) in [5, 5.41) is 4.55. The molecule has 0 aromatic carbocycles. The first-order valence-electron chi connectivity index (χ1n) is 8.98. The highest BCUT2D eigenvalue weighted by atomic mass is 16.4. The van der Waals surface area contributed by atoms with Crippen LogP contribution in [0.25, 0.3) is 0 Å². The lowest BCUT2D eigenvalue weighted by atomic mass is 9.92. The Morgan fingerprint density at radius 1 is 1.28 bits per heavy atom. The van der Waals surface area contributed by atoms with E-state index >= 15 is 0 Å². The standard InChI is InChI=1S/C19H28N4O2/c1-13(2)15-8-20-17(25-15)12-22-9-14(10-22)11-23-18(24)7-6-16(21-23)19(3,4)5/h6-8,13-14H,9-12H2,1-5H3. The van der Waals surface area contributed by atoms with E-state index in [2.05, 4.69) is 49.6 Å². The first kappa shape index (κ1) is 17.9. The van der Waals surface area contributed by atoms with Gasteiger partial charge >= 0.3 is 0 Å². The van der Waals surface area contributed by atoms with Crippen molar-refractivity contribution in [3.63, 3.8) is 0 Å². The molecular weight excluding hydrogens is 316 g/mol. The Bertz CT molecular complexity index is 779. The van der Waals surface area contributed by atoms with E-state index in [4.69, 9.17) is 4.42 Å². The molecule has 0 bridgehead atoms. The van der Waals surface area contributed by atoms with Crippen LogP contribution < -0.4 is 5.56 Å². The molecule has 6 nitrogen and oxygen atoms in total. The van der Waals surface area contributed by atoms with Crippen LogP contribution in [0.4, 0.5) is 0 Å². The van der Waals surface area contributed by atoms with E-state index in [1.54, 1.807) is 10.7 Å². The lowest BCUT2D eigenvalue weighted by molar-refractivity contribution is 0.0673. The van der Waals surface area contributed by atoms with Crippen molar-refractivity contribution in [2.45, 2.75) is 59.0 Å². The number of hydrogen-bond acceptors (Lipinski definition) is 5. The number of aromatic nitrogens is 3. The topological polar surface area (TPSA) is 64.2 Å². The summed E-state index contributed by atoms with van der Waals surface area (Å²) in [6, 6.07) is 3.46. The second kappa shape index (κ2) is 6.75. The van der Waals surface area contributed by atoms with Crippen molar-refractivity contribution in [1.82, 2.24) is 19.7 Å². The summed E-state index contributed by atoms with van der Waals surface area (Å²) in [7, 11) is 0. The van der Waals surface area contributed by atoms with Gasteiger partial charge in [-0.3, -0.25) is 9.69 Å². The number of rotatable bonds is 5. The van der Waals surface area contributed by atoms with Gasteiger partial charge < -0.3 is 4.42 Å². The molecule has 0 radical (unpaired) electrons. The normalized spacial score (nSPS) is 16.4. The third-order valence-electron chi connectivity index (χ3n) is 4.60. The van der Waals surface area contributed by atoms with Gasteiger partial charge in [-0.25, -0.2) is 9.67 Å². The molecular formula is C19H28N4O2. The SMILES string of the molecule is CC(C)c1cnc(CN2CC(Cn3nc(C(C)(C)C)ccc3=O)C2)o1. The summed E-state index contributed by atoms with van der Waals surface area (Å²) < 4.78 is 7.37. The van der Waals surface area contributed by atoms with Gasteiger partial charge in [0.25, 0.3) is 5.56 Å². The zero-order valence-electron chi connectivity index (χ0n) is 15.8. The molecule has 0 N–H and O–H groups in total. The van der Waals surface area contributed by atoms with Crippen LogP contribution in [-0.4, -0.2) is 32.8 Å². The highest BCUT2D eigenvalue weighted by molar-refractivity contribution is 5.10. The average Bonchev–Trinajstić information content (AvgIpc) is 2.94. The lowest BCUT2D eigenvalue weighted by Gasteiger charge is -2.38. The minimum atomic E-state index is -0.0554. The number of nitrogens with zero attached hydrogens (tertiary/aromatic N) is 4. The minimum absolute atomic E-state index is 0.0271. The van der Waals surface area contributed by atoms with Gasteiger partial charge in [-0.15, -0.1) is 0 Å². The molecule has 0 atom stereocenters. The molecule has 3 rings (SSSR count). The summed E-state index contributed by atoms with van der Waals surface area (Å²) in [6.07, 6.45) is 1.82. The predicted octanol–water partition coefficient (Wildman–Crippen LogP) is 2.78. The Hall–Kier alpha value is -1.95. The maximum absolute atomic E-state index is 12.1. The Balaban J connectivity index is 1.56. The first-order valence-corrected chi connectivity index (χ1v) is 8.98. The van der Waals surface area contributed by atoms with Gasteiger partial charge in [-0.05, 0) is 6.07 Å². The summed E-state index contributed by atoms with van der Waals surface area (Å²) in [6.45, 7) is 13.8. The second-order valence-corrected chi connectivity index (χ2v) is 8.36.